The summed E-state index contributed by atoms with van der Waals surface area (Å²) in [5.74, 6) is 1.23. The molecule has 4 nitrogen and oxygen atoms in total. The van der Waals surface area contributed by atoms with E-state index in [0.29, 0.717) is 18.9 Å². The zero-order valence-corrected chi connectivity index (χ0v) is 17.4. The Labute approximate surface area is 164 Å². The fourth-order valence-corrected chi connectivity index (χ4v) is 3.02. The van der Waals surface area contributed by atoms with Crippen molar-refractivity contribution in [3.05, 3.63) is 52.5 Å². The van der Waals surface area contributed by atoms with E-state index in [4.69, 9.17) is 4.74 Å². The van der Waals surface area contributed by atoms with E-state index in [2.05, 4.69) is 32.6 Å². The third-order valence-corrected chi connectivity index (χ3v) is 4.22. The highest BCUT2D eigenvalue weighted by atomic mass is 79.9. The van der Waals surface area contributed by atoms with Crippen molar-refractivity contribution in [2.45, 2.75) is 46.8 Å². The lowest BCUT2D eigenvalue weighted by Crippen LogP contribution is -2.13. The number of halogens is 1. The van der Waals surface area contributed by atoms with Crippen molar-refractivity contribution in [1.82, 2.24) is 0 Å². The molecule has 0 saturated carbocycles. The molecule has 0 saturated heterocycles. The third kappa shape index (κ3) is 6.71. The molecule has 1 amide bonds. The number of carbonyl (C=O) groups excluding carboxylic acids is 1. The molecule has 0 heterocycles. The molecule has 0 radical (unpaired) electrons. The van der Waals surface area contributed by atoms with Gasteiger partial charge in [-0.25, -0.2) is 0 Å². The van der Waals surface area contributed by atoms with Crippen molar-refractivity contribution < 1.29 is 9.53 Å². The minimum atomic E-state index is 0.0434. The van der Waals surface area contributed by atoms with Gasteiger partial charge in [0.25, 0.3) is 0 Å². The molecule has 0 aromatic heterocycles. The first-order valence-electron chi connectivity index (χ1n) is 8.92. The lowest BCUT2D eigenvalue weighted by atomic mass is 10.1. The summed E-state index contributed by atoms with van der Waals surface area (Å²) >= 11 is 3.56. The summed E-state index contributed by atoms with van der Waals surface area (Å²) in [6.45, 7) is 8.77. The number of carbonyl (C=O) groups is 1. The zero-order chi connectivity index (χ0) is 19.1. The number of nitrogens with one attached hydrogen (secondary N) is 2. The molecule has 2 N–H and O–H groups in total. The number of hydrogen-bond donors (Lipinski definition) is 2. The Balaban J connectivity index is 1.96. The summed E-state index contributed by atoms with van der Waals surface area (Å²) in [7, 11) is 0. The van der Waals surface area contributed by atoms with Gasteiger partial charge in [-0.3, -0.25) is 4.79 Å². The largest absolute Gasteiger partial charge is 0.490 e. The number of ether oxygens (including phenoxy) is 1. The number of rotatable bonds is 8. The average molecular weight is 419 g/mol. The minimum Gasteiger partial charge on any atom is -0.490 e. The standard InChI is InChI=1S/C21H27BrN2O2/c1-14(2)10-21(25)24-18-7-5-6-17(12-18)23-13-16-8-9-20(19(22)11-16)26-15(3)4/h5-9,11-12,14-15,23H,10,13H2,1-4H3,(H,24,25). The molecule has 0 unspecified atom stereocenters. The first-order chi connectivity index (χ1) is 12.3. The molecule has 0 aliphatic carbocycles. The minimum absolute atomic E-state index is 0.0434. The molecule has 0 bridgehead atoms. The van der Waals surface area contributed by atoms with Crippen molar-refractivity contribution in [1.29, 1.82) is 0 Å². The van der Waals surface area contributed by atoms with Crippen LogP contribution in [0.2, 0.25) is 0 Å². The number of amides is 1. The van der Waals surface area contributed by atoms with E-state index >= 15 is 0 Å². The van der Waals surface area contributed by atoms with Gasteiger partial charge in [-0.15, -0.1) is 0 Å². The summed E-state index contributed by atoms with van der Waals surface area (Å²) in [4.78, 5) is 11.9. The van der Waals surface area contributed by atoms with E-state index in [-0.39, 0.29) is 12.0 Å². The quantitative estimate of drug-likeness (QED) is 0.566. The predicted octanol–water partition coefficient (Wildman–Crippen LogP) is 5.83. The molecule has 2 aromatic carbocycles. The molecule has 0 aliphatic rings. The second kappa shape index (κ2) is 9.62. The highest BCUT2D eigenvalue weighted by Crippen LogP contribution is 2.27. The van der Waals surface area contributed by atoms with E-state index in [9.17, 15) is 4.79 Å². The van der Waals surface area contributed by atoms with Gasteiger partial charge < -0.3 is 15.4 Å². The van der Waals surface area contributed by atoms with Gasteiger partial charge in [-0.1, -0.05) is 26.0 Å². The van der Waals surface area contributed by atoms with Gasteiger partial charge in [0.05, 0.1) is 10.6 Å². The smallest absolute Gasteiger partial charge is 0.224 e. The van der Waals surface area contributed by atoms with Crippen LogP contribution < -0.4 is 15.4 Å². The molecule has 26 heavy (non-hydrogen) atoms. The Morgan fingerprint density at radius 3 is 2.46 bits per heavy atom. The normalized spacial score (nSPS) is 10.9. The van der Waals surface area contributed by atoms with Crippen LogP contribution in [0.15, 0.2) is 46.9 Å². The van der Waals surface area contributed by atoms with Gasteiger partial charge >= 0.3 is 0 Å². The van der Waals surface area contributed by atoms with Gasteiger partial charge in [0.15, 0.2) is 0 Å². The van der Waals surface area contributed by atoms with Crippen LogP contribution in [0.3, 0.4) is 0 Å². The van der Waals surface area contributed by atoms with Crippen LogP contribution in [0.4, 0.5) is 11.4 Å². The molecular weight excluding hydrogens is 392 g/mol. The Kier molecular flexibility index (Phi) is 7.51. The van der Waals surface area contributed by atoms with Gasteiger partial charge in [-0.05, 0) is 71.6 Å². The first-order valence-corrected chi connectivity index (χ1v) is 9.71. The van der Waals surface area contributed by atoms with Gasteiger partial charge in [0, 0.05) is 24.3 Å². The second-order valence-corrected chi connectivity index (χ2v) is 7.87. The molecule has 2 aromatic rings. The molecule has 2 rings (SSSR count). The Morgan fingerprint density at radius 2 is 1.81 bits per heavy atom. The number of benzene rings is 2. The van der Waals surface area contributed by atoms with E-state index in [0.717, 1.165) is 27.2 Å². The lowest BCUT2D eigenvalue weighted by Gasteiger charge is -2.13. The fraction of sp³-hybridized carbons (Fsp3) is 0.381. The van der Waals surface area contributed by atoms with Crippen molar-refractivity contribution in [3.8, 4) is 5.75 Å². The first kappa shape index (κ1) is 20.3. The van der Waals surface area contributed by atoms with E-state index in [1.807, 2.05) is 64.1 Å². The Hall–Kier alpha value is -2.01. The van der Waals surface area contributed by atoms with Crippen molar-refractivity contribution in [2.24, 2.45) is 5.92 Å². The fourth-order valence-electron chi connectivity index (χ4n) is 2.50. The lowest BCUT2D eigenvalue weighted by molar-refractivity contribution is -0.116. The molecule has 0 atom stereocenters. The highest BCUT2D eigenvalue weighted by molar-refractivity contribution is 9.10. The monoisotopic (exact) mass is 418 g/mol. The van der Waals surface area contributed by atoms with Gasteiger partial charge in [0.1, 0.15) is 5.75 Å². The summed E-state index contributed by atoms with van der Waals surface area (Å²) in [5.41, 5.74) is 2.91. The van der Waals surface area contributed by atoms with E-state index < -0.39 is 0 Å². The van der Waals surface area contributed by atoms with Crippen LogP contribution in [-0.4, -0.2) is 12.0 Å². The number of hydrogen-bond acceptors (Lipinski definition) is 3. The summed E-state index contributed by atoms with van der Waals surface area (Å²) in [6.07, 6.45) is 0.667. The van der Waals surface area contributed by atoms with Gasteiger partial charge in [-0.2, -0.15) is 0 Å². The third-order valence-electron chi connectivity index (χ3n) is 3.60. The van der Waals surface area contributed by atoms with Crippen molar-refractivity contribution >= 4 is 33.2 Å². The van der Waals surface area contributed by atoms with Crippen LogP contribution in [0.5, 0.6) is 5.75 Å². The van der Waals surface area contributed by atoms with Gasteiger partial charge in [0.2, 0.25) is 5.91 Å². The SMILES string of the molecule is CC(C)CC(=O)Nc1cccc(NCc2ccc(OC(C)C)c(Br)c2)c1. The highest BCUT2D eigenvalue weighted by Gasteiger charge is 2.07. The van der Waals surface area contributed by atoms with Crippen LogP contribution in [-0.2, 0) is 11.3 Å². The predicted molar refractivity (Wildman–Crippen MR) is 112 cm³/mol. The van der Waals surface area contributed by atoms with E-state index in [1.165, 1.54) is 0 Å². The summed E-state index contributed by atoms with van der Waals surface area (Å²) in [6, 6.07) is 13.8. The molecular formula is C21H27BrN2O2. The van der Waals surface area contributed by atoms with Crippen LogP contribution in [0.1, 0.15) is 39.7 Å². The molecule has 140 valence electrons. The average Bonchev–Trinajstić information content (AvgIpc) is 2.54. The molecule has 0 aliphatic heterocycles. The van der Waals surface area contributed by atoms with E-state index in [1.54, 1.807) is 0 Å². The summed E-state index contributed by atoms with van der Waals surface area (Å²) < 4.78 is 6.68. The molecule has 0 spiro atoms. The van der Waals surface area contributed by atoms with Crippen molar-refractivity contribution in [2.75, 3.05) is 10.6 Å². The van der Waals surface area contributed by atoms with Crippen LogP contribution >= 0.6 is 15.9 Å². The molecule has 5 heteroatoms. The Morgan fingerprint density at radius 1 is 1.08 bits per heavy atom. The maximum Gasteiger partial charge on any atom is 0.224 e. The zero-order valence-electron chi connectivity index (χ0n) is 15.8. The molecule has 0 fully saturated rings. The maximum atomic E-state index is 11.9. The topological polar surface area (TPSA) is 50.4 Å². The Bertz CT molecular complexity index is 745. The second-order valence-electron chi connectivity index (χ2n) is 7.01. The van der Waals surface area contributed by atoms with Crippen molar-refractivity contribution in [3.63, 3.8) is 0 Å². The maximum absolute atomic E-state index is 11.9. The summed E-state index contributed by atoms with van der Waals surface area (Å²) in [5, 5.41) is 6.33. The van der Waals surface area contributed by atoms with Crippen LogP contribution in [0.25, 0.3) is 0 Å². The van der Waals surface area contributed by atoms with Crippen LogP contribution in [0, 0.1) is 5.92 Å². The number of anilines is 2.